The van der Waals surface area contributed by atoms with E-state index in [0.29, 0.717) is 20.7 Å². The standard InChI is InChI=1S/C16H15BrClNO2/c1-10(2)21-13-6-4-12(5-7-13)19-16(20)11-3-8-15(18)14(17)9-11/h3-10H,1-2H3,(H,19,20). The highest BCUT2D eigenvalue weighted by Crippen LogP contribution is 2.24. The number of ether oxygens (including phenoxy) is 1. The van der Waals surface area contributed by atoms with Crippen molar-refractivity contribution in [3.05, 3.63) is 57.5 Å². The lowest BCUT2D eigenvalue weighted by Crippen LogP contribution is -2.12. The number of hydrogen-bond donors (Lipinski definition) is 1. The Balaban J connectivity index is 2.06. The van der Waals surface area contributed by atoms with E-state index >= 15 is 0 Å². The van der Waals surface area contributed by atoms with Crippen LogP contribution in [0.3, 0.4) is 0 Å². The molecule has 0 spiro atoms. The number of amides is 1. The van der Waals surface area contributed by atoms with Crippen molar-refractivity contribution >= 4 is 39.1 Å². The molecule has 3 nitrogen and oxygen atoms in total. The van der Waals surface area contributed by atoms with Crippen molar-refractivity contribution in [3.8, 4) is 5.75 Å². The first kappa shape index (κ1) is 15.9. The topological polar surface area (TPSA) is 38.3 Å². The second kappa shape index (κ2) is 6.96. The summed E-state index contributed by atoms with van der Waals surface area (Å²) in [5.41, 5.74) is 1.25. The Labute approximate surface area is 137 Å². The molecule has 0 aromatic heterocycles. The Kier molecular flexibility index (Phi) is 5.26. The van der Waals surface area contributed by atoms with Crippen molar-refractivity contribution in [2.24, 2.45) is 0 Å². The highest BCUT2D eigenvalue weighted by atomic mass is 79.9. The second-order valence-corrected chi connectivity index (χ2v) is 6.04. The number of nitrogens with one attached hydrogen (secondary N) is 1. The summed E-state index contributed by atoms with van der Waals surface area (Å²) in [7, 11) is 0. The van der Waals surface area contributed by atoms with E-state index in [4.69, 9.17) is 16.3 Å². The van der Waals surface area contributed by atoms with Gasteiger partial charge in [-0.05, 0) is 72.2 Å². The van der Waals surface area contributed by atoms with E-state index in [-0.39, 0.29) is 12.0 Å². The van der Waals surface area contributed by atoms with Crippen LogP contribution in [0.4, 0.5) is 5.69 Å². The lowest BCUT2D eigenvalue weighted by molar-refractivity contribution is 0.102. The van der Waals surface area contributed by atoms with E-state index in [1.165, 1.54) is 0 Å². The minimum absolute atomic E-state index is 0.122. The van der Waals surface area contributed by atoms with Crippen molar-refractivity contribution in [3.63, 3.8) is 0 Å². The predicted octanol–water partition coefficient (Wildman–Crippen LogP) is 5.14. The van der Waals surface area contributed by atoms with Crippen molar-refractivity contribution in [1.82, 2.24) is 0 Å². The third kappa shape index (κ3) is 4.48. The number of benzene rings is 2. The van der Waals surface area contributed by atoms with Crippen molar-refractivity contribution in [2.45, 2.75) is 20.0 Å². The van der Waals surface area contributed by atoms with Gasteiger partial charge >= 0.3 is 0 Å². The van der Waals surface area contributed by atoms with Crippen LogP contribution in [0, 0.1) is 0 Å². The molecule has 2 aromatic rings. The summed E-state index contributed by atoms with van der Waals surface area (Å²) in [6.45, 7) is 3.93. The number of carbonyl (C=O) groups excluding carboxylic acids is 1. The molecular formula is C16H15BrClNO2. The van der Waals surface area contributed by atoms with Crippen LogP contribution >= 0.6 is 27.5 Å². The molecule has 0 saturated carbocycles. The second-order valence-electron chi connectivity index (χ2n) is 4.77. The summed E-state index contributed by atoms with van der Waals surface area (Å²) in [6.07, 6.45) is 0.122. The van der Waals surface area contributed by atoms with Crippen LogP contribution in [0.25, 0.3) is 0 Å². The zero-order valence-electron chi connectivity index (χ0n) is 11.7. The first-order chi connectivity index (χ1) is 9.95. The molecule has 0 saturated heterocycles. The Bertz CT molecular complexity index is 641. The Morgan fingerprint density at radius 2 is 1.86 bits per heavy atom. The lowest BCUT2D eigenvalue weighted by Gasteiger charge is -2.11. The molecule has 0 radical (unpaired) electrons. The van der Waals surface area contributed by atoms with Crippen molar-refractivity contribution in [2.75, 3.05) is 5.32 Å². The van der Waals surface area contributed by atoms with Gasteiger partial charge in [0.1, 0.15) is 5.75 Å². The van der Waals surface area contributed by atoms with E-state index in [2.05, 4.69) is 21.2 Å². The zero-order valence-corrected chi connectivity index (χ0v) is 14.0. The number of rotatable bonds is 4. The normalized spacial score (nSPS) is 10.5. The molecular weight excluding hydrogens is 354 g/mol. The highest BCUT2D eigenvalue weighted by molar-refractivity contribution is 9.10. The lowest BCUT2D eigenvalue weighted by atomic mass is 10.2. The smallest absolute Gasteiger partial charge is 0.255 e. The molecule has 110 valence electrons. The fourth-order valence-electron chi connectivity index (χ4n) is 1.73. The average molecular weight is 369 g/mol. The minimum atomic E-state index is -0.190. The Morgan fingerprint density at radius 3 is 2.43 bits per heavy atom. The minimum Gasteiger partial charge on any atom is -0.491 e. The van der Waals surface area contributed by atoms with E-state index < -0.39 is 0 Å². The van der Waals surface area contributed by atoms with Crippen LogP contribution in [0.5, 0.6) is 5.75 Å². The average Bonchev–Trinajstić information content (AvgIpc) is 2.43. The molecule has 1 amide bonds. The zero-order chi connectivity index (χ0) is 15.4. The fraction of sp³-hybridized carbons (Fsp3) is 0.188. The van der Waals surface area contributed by atoms with E-state index in [9.17, 15) is 4.79 Å². The summed E-state index contributed by atoms with van der Waals surface area (Å²) in [4.78, 5) is 12.1. The summed E-state index contributed by atoms with van der Waals surface area (Å²) in [5.74, 6) is 0.585. The van der Waals surface area contributed by atoms with Gasteiger partial charge in [-0.2, -0.15) is 0 Å². The van der Waals surface area contributed by atoms with E-state index in [0.717, 1.165) is 5.75 Å². The van der Waals surface area contributed by atoms with E-state index in [1.54, 1.807) is 30.3 Å². The van der Waals surface area contributed by atoms with Crippen LogP contribution in [0.15, 0.2) is 46.9 Å². The molecule has 0 atom stereocenters. The molecule has 0 aliphatic heterocycles. The molecule has 0 bridgehead atoms. The number of anilines is 1. The maximum atomic E-state index is 12.1. The van der Waals surface area contributed by atoms with Gasteiger partial charge in [-0.3, -0.25) is 4.79 Å². The van der Waals surface area contributed by atoms with E-state index in [1.807, 2.05) is 26.0 Å². The molecule has 21 heavy (non-hydrogen) atoms. The van der Waals surface area contributed by atoms with Crippen LogP contribution < -0.4 is 10.1 Å². The first-order valence-corrected chi connectivity index (χ1v) is 7.66. The van der Waals surface area contributed by atoms with Crippen LogP contribution in [-0.4, -0.2) is 12.0 Å². The van der Waals surface area contributed by atoms with Gasteiger partial charge in [0.15, 0.2) is 0 Å². The molecule has 5 heteroatoms. The fourth-order valence-corrected chi connectivity index (χ4v) is 2.23. The van der Waals surface area contributed by atoms with Crippen LogP contribution in [0.1, 0.15) is 24.2 Å². The Morgan fingerprint density at radius 1 is 1.19 bits per heavy atom. The molecule has 0 fully saturated rings. The highest BCUT2D eigenvalue weighted by Gasteiger charge is 2.08. The number of carbonyl (C=O) groups is 1. The number of halogens is 2. The largest absolute Gasteiger partial charge is 0.491 e. The molecule has 0 aliphatic rings. The van der Waals surface area contributed by atoms with Gasteiger partial charge in [0.2, 0.25) is 0 Å². The molecule has 0 heterocycles. The van der Waals surface area contributed by atoms with Gasteiger partial charge in [0.05, 0.1) is 11.1 Å². The van der Waals surface area contributed by atoms with Crippen molar-refractivity contribution < 1.29 is 9.53 Å². The van der Waals surface area contributed by atoms with Crippen molar-refractivity contribution in [1.29, 1.82) is 0 Å². The molecule has 0 unspecified atom stereocenters. The maximum absolute atomic E-state index is 12.1. The maximum Gasteiger partial charge on any atom is 0.255 e. The molecule has 2 rings (SSSR count). The summed E-state index contributed by atoms with van der Waals surface area (Å²) < 4.78 is 6.25. The summed E-state index contributed by atoms with van der Waals surface area (Å²) in [5, 5.41) is 3.40. The Hall–Kier alpha value is -1.52. The van der Waals surface area contributed by atoms with Gasteiger partial charge in [-0.25, -0.2) is 0 Å². The quantitative estimate of drug-likeness (QED) is 0.811. The summed E-state index contributed by atoms with van der Waals surface area (Å²) in [6, 6.07) is 12.3. The van der Waals surface area contributed by atoms with Gasteiger partial charge < -0.3 is 10.1 Å². The molecule has 1 N–H and O–H groups in total. The third-order valence-corrected chi connectivity index (χ3v) is 3.88. The summed E-state index contributed by atoms with van der Waals surface area (Å²) >= 11 is 9.22. The van der Waals surface area contributed by atoms with Gasteiger partial charge in [0, 0.05) is 15.7 Å². The van der Waals surface area contributed by atoms with Gasteiger partial charge in [-0.1, -0.05) is 11.6 Å². The van der Waals surface area contributed by atoms with Crippen LogP contribution in [-0.2, 0) is 0 Å². The monoisotopic (exact) mass is 367 g/mol. The molecule has 0 aliphatic carbocycles. The van der Waals surface area contributed by atoms with Crippen LogP contribution in [0.2, 0.25) is 5.02 Å². The first-order valence-electron chi connectivity index (χ1n) is 6.49. The third-order valence-electron chi connectivity index (χ3n) is 2.67. The predicted molar refractivity (Wildman–Crippen MR) is 89.3 cm³/mol. The molecule has 2 aromatic carbocycles. The van der Waals surface area contributed by atoms with Gasteiger partial charge in [-0.15, -0.1) is 0 Å². The SMILES string of the molecule is CC(C)Oc1ccc(NC(=O)c2ccc(Cl)c(Br)c2)cc1. The van der Waals surface area contributed by atoms with Gasteiger partial charge in [0.25, 0.3) is 5.91 Å². The number of hydrogen-bond acceptors (Lipinski definition) is 2.